The lowest BCUT2D eigenvalue weighted by molar-refractivity contribution is -0.131. The first kappa shape index (κ1) is 16.5. The molecule has 0 bridgehead atoms. The highest BCUT2D eigenvalue weighted by molar-refractivity contribution is 5.98. The molecule has 0 radical (unpaired) electrons. The minimum absolute atomic E-state index is 0.0196. The van der Waals surface area contributed by atoms with Gasteiger partial charge in [-0.15, -0.1) is 0 Å². The number of carbonyl (C=O) groups excluding carboxylic acids is 2. The van der Waals surface area contributed by atoms with Gasteiger partial charge in [-0.25, -0.2) is 0 Å². The Labute approximate surface area is 132 Å². The van der Waals surface area contributed by atoms with Crippen LogP contribution >= 0.6 is 0 Å². The fraction of sp³-hybridized carbons (Fsp3) is 0.556. The molecule has 1 aliphatic rings. The molecule has 1 heterocycles. The summed E-state index contributed by atoms with van der Waals surface area (Å²) in [6.45, 7) is 4.22. The molecule has 1 aliphatic heterocycles. The molecular formula is C18H25NO3. The van der Waals surface area contributed by atoms with Crippen LogP contribution in [0, 0.1) is 0 Å². The molecule has 4 heteroatoms. The molecule has 0 spiro atoms. The highest BCUT2D eigenvalue weighted by Crippen LogP contribution is 2.15. The van der Waals surface area contributed by atoms with Crippen LogP contribution in [0.5, 0.6) is 5.75 Å². The van der Waals surface area contributed by atoms with Crippen molar-refractivity contribution in [3.8, 4) is 5.75 Å². The van der Waals surface area contributed by atoms with Gasteiger partial charge in [0.1, 0.15) is 5.75 Å². The van der Waals surface area contributed by atoms with Gasteiger partial charge in [-0.1, -0.05) is 12.8 Å². The van der Waals surface area contributed by atoms with Crippen LogP contribution in [0.4, 0.5) is 0 Å². The highest BCUT2D eigenvalue weighted by atomic mass is 16.5. The van der Waals surface area contributed by atoms with E-state index in [4.69, 9.17) is 4.74 Å². The van der Waals surface area contributed by atoms with E-state index < -0.39 is 0 Å². The van der Waals surface area contributed by atoms with Crippen molar-refractivity contribution in [2.24, 2.45) is 0 Å². The third kappa shape index (κ3) is 4.86. The van der Waals surface area contributed by atoms with Crippen LogP contribution in [0.15, 0.2) is 24.3 Å². The molecule has 1 amide bonds. The average Bonchev–Trinajstić information content (AvgIpc) is 2.82. The maximum atomic E-state index is 12.2. The monoisotopic (exact) mass is 303 g/mol. The van der Waals surface area contributed by atoms with Crippen molar-refractivity contribution in [3.05, 3.63) is 29.8 Å². The number of ketones is 1. The second-order valence-corrected chi connectivity index (χ2v) is 5.68. The van der Waals surface area contributed by atoms with Gasteiger partial charge in [0.15, 0.2) is 5.78 Å². The zero-order valence-electron chi connectivity index (χ0n) is 13.3. The Morgan fingerprint density at radius 1 is 1.00 bits per heavy atom. The van der Waals surface area contributed by atoms with Gasteiger partial charge in [-0.3, -0.25) is 9.59 Å². The largest absolute Gasteiger partial charge is 0.494 e. The van der Waals surface area contributed by atoms with Gasteiger partial charge in [0.05, 0.1) is 6.61 Å². The van der Waals surface area contributed by atoms with Gasteiger partial charge in [0.25, 0.3) is 0 Å². The predicted molar refractivity (Wildman–Crippen MR) is 86.2 cm³/mol. The molecule has 0 aromatic heterocycles. The first-order valence-electron chi connectivity index (χ1n) is 8.24. The summed E-state index contributed by atoms with van der Waals surface area (Å²) in [6, 6.07) is 7.13. The topological polar surface area (TPSA) is 46.6 Å². The molecule has 1 aromatic rings. The SMILES string of the molecule is CCOc1ccc(C(=O)CCC(=O)N2CCCCCC2)cc1. The molecule has 0 atom stereocenters. The zero-order valence-corrected chi connectivity index (χ0v) is 13.3. The van der Waals surface area contributed by atoms with E-state index >= 15 is 0 Å². The minimum Gasteiger partial charge on any atom is -0.494 e. The number of Topliss-reactive ketones (excluding diaryl/α,β-unsaturated/α-hetero) is 1. The molecule has 1 fully saturated rings. The second-order valence-electron chi connectivity index (χ2n) is 5.68. The molecule has 0 unspecified atom stereocenters. The first-order chi connectivity index (χ1) is 10.7. The smallest absolute Gasteiger partial charge is 0.223 e. The van der Waals surface area contributed by atoms with Crippen molar-refractivity contribution in [1.82, 2.24) is 4.90 Å². The summed E-state index contributed by atoms with van der Waals surface area (Å²) in [7, 11) is 0. The van der Waals surface area contributed by atoms with Crippen LogP contribution < -0.4 is 4.74 Å². The van der Waals surface area contributed by atoms with E-state index in [-0.39, 0.29) is 18.1 Å². The van der Waals surface area contributed by atoms with E-state index in [1.54, 1.807) is 24.3 Å². The Morgan fingerprint density at radius 3 is 2.23 bits per heavy atom. The Hall–Kier alpha value is -1.84. The molecule has 2 rings (SSSR count). The second kappa shape index (κ2) is 8.57. The van der Waals surface area contributed by atoms with E-state index in [9.17, 15) is 9.59 Å². The van der Waals surface area contributed by atoms with Crippen LogP contribution in [0.1, 0.15) is 55.8 Å². The summed E-state index contributed by atoms with van der Waals surface area (Å²) in [5.41, 5.74) is 0.645. The van der Waals surface area contributed by atoms with E-state index in [1.807, 2.05) is 11.8 Å². The highest BCUT2D eigenvalue weighted by Gasteiger charge is 2.17. The average molecular weight is 303 g/mol. The van der Waals surface area contributed by atoms with Crippen molar-refractivity contribution in [2.75, 3.05) is 19.7 Å². The maximum Gasteiger partial charge on any atom is 0.223 e. The summed E-state index contributed by atoms with van der Waals surface area (Å²) < 4.78 is 5.36. The molecule has 1 saturated heterocycles. The third-order valence-corrected chi connectivity index (χ3v) is 4.01. The van der Waals surface area contributed by atoms with Crippen LogP contribution in [0.25, 0.3) is 0 Å². The van der Waals surface area contributed by atoms with Gasteiger partial charge in [-0.05, 0) is 44.0 Å². The first-order valence-corrected chi connectivity index (χ1v) is 8.24. The molecule has 1 aromatic carbocycles. The summed E-state index contributed by atoms with van der Waals surface area (Å²) in [5, 5.41) is 0. The van der Waals surface area contributed by atoms with Crippen molar-refractivity contribution in [3.63, 3.8) is 0 Å². The number of hydrogen-bond donors (Lipinski definition) is 0. The quantitative estimate of drug-likeness (QED) is 0.756. The van der Waals surface area contributed by atoms with E-state index in [1.165, 1.54) is 12.8 Å². The van der Waals surface area contributed by atoms with E-state index in [2.05, 4.69) is 0 Å². The molecule has 0 aliphatic carbocycles. The number of nitrogens with zero attached hydrogens (tertiary/aromatic N) is 1. The maximum absolute atomic E-state index is 12.2. The van der Waals surface area contributed by atoms with Gasteiger partial charge in [0, 0.05) is 31.5 Å². The minimum atomic E-state index is 0.0196. The zero-order chi connectivity index (χ0) is 15.8. The molecule has 0 saturated carbocycles. The van der Waals surface area contributed by atoms with Crippen molar-refractivity contribution in [1.29, 1.82) is 0 Å². The normalized spacial score (nSPS) is 15.2. The van der Waals surface area contributed by atoms with Gasteiger partial charge >= 0.3 is 0 Å². The number of likely N-dealkylation sites (tertiary alicyclic amines) is 1. The summed E-state index contributed by atoms with van der Waals surface area (Å²) in [5.74, 6) is 0.895. The number of ether oxygens (including phenoxy) is 1. The Balaban J connectivity index is 1.82. The van der Waals surface area contributed by atoms with Gasteiger partial charge in [0.2, 0.25) is 5.91 Å². The van der Waals surface area contributed by atoms with Gasteiger partial charge < -0.3 is 9.64 Å². The summed E-state index contributed by atoms with van der Waals surface area (Å²) in [4.78, 5) is 26.3. The lowest BCUT2D eigenvalue weighted by atomic mass is 10.1. The number of rotatable bonds is 6. The number of hydrogen-bond acceptors (Lipinski definition) is 3. The fourth-order valence-electron chi connectivity index (χ4n) is 2.75. The van der Waals surface area contributed by atoms with E-state index in [0.717, 1.165) is 31.7 Å². The predicted octanol–water partition coefficient (Wildman–Crippen LogP) is 3.45. The number of benzene rings is 1. The van der Waals surface area contributed by atoms with Gasteiger partial charge in [-0.2, -0.15) is 0 Å². The fourth-order valence-corrected chi connectivity index (χ4v) is 2.75. The summed E-state index contributed by atoms with van der Waals surface area (Å²) in [6.07, 6.45) is 5.16. The van der Waals surface area contributed by atoms with Crippen molar-refractivity contribution in [2.45, 2.75) is 45.4 Å². The Bertz CT molecular complexity index is 488. The number of amides is 1. The van der Waals surface area contributed by atoms with Crippen LogP contribution in [0.3, 0.4) is 0 Å². The molecule has 0 N–H and O–H groups in total. The molecular weight excluding hydrogens is 278 g/mol. The number of carbonyl (C=O) groups is 2. The third-order valence-electron chi connectivity index (χ3n) is 4.01. The molecule has 4 nitrogen and oxygen atoms in total. The lowest BCUT2D eigenvalue weighted by Gasteiger charge is -2.20. The van der Waals surface area contributed by atoms with Crippen LogP contribution in [0.2, 0.25) is 0 Å². The van der Waals surface area contributed by atoms with Crippen LogP contribution in [-0.4, -0.2) is 36.3 Å². The van der Waals surface area contributed by atoms with Crippen LogP contribution in [-0.2, 0) is 4.79 Å². The molecule has 120 valence electrons. The standard InChI is InChI=1S/C18H25NO3/c1-2-22-16-9-7-15(8-10-16)17(20)11-12-18(21)19-13-5-3-4-6-14-19/h7-10H,2-6,11-14H2,1H3. The van der Waals surface area contributed by atoms with Crippen molar-refractivity contribution < 1.29 is 14.3 Å². The van der Waals surface area contributed by atoms with Crippen molar-refractivity contribution >= 4 is 11.7 Å². The van der Waals surface area contributed by atoms with E-state index in [0.29, 0.717) is 18.6 Å². The Morgan fingerprint density at radius 2 is 1.64 bits per heavy atom. The summed E-state index contributed by atoms with van der Waals surface area (Å²) >= 11 is 0. The lowest BCUT2D eigenvalue weighted by Crippen LogP contribution is -2.32. The molecule has 22 heavy (non-hydrogen) atoms. The Kier molecular flexibility index (Phi) is 6.44.